The van der Waals surface area contributed by atoms with Crippen LogP contribution in [0.4, 0.5) is 0 Å². The van der Waals surface area contributed by atoms with Crippen LogP contribution in [0.3, 0.4) is 0 Å². The van der Waals surface area contributed by atoms with Gasteiger partial charge in [-0.05, 0) is 53.4 Å². The highest BCUT2D eigenvalue weighted by Gasteiger charge is 2.55. The molecule has 2 atom stereocenters. The molecule has 1 aliphatic carbocycles. The molecule has 0 aromatic carbocycles. The molecule has 1 aliphatic heterocycles. The summed E-state index contributed by atoms with van der Waals surface area (Å²) in [6, 6.07) is 2.25. The SMILES string of the molecule is CC(ON1C(C)(C)OC(C#N)C1(C)C)C1CCCCC1. The van der Waals surface area contributed by atoms with E-state index in [2.05, 4.69) is 13.0 Å². The second-order valence-electron chi connectivity index (χ2n) is 7.23. The molecule has 0 aromatic rings. The number of hydroxylamine groups is 2. The van der Waals surface area contributed by atoms with Gasteiger partial charge in [0.05, 0.1) is 17.7 Å². The lowest BCUT2D eigenvalue weighted by molar-refractivity contribution is -0.301. The number of nitrogens with zero attached hydrogens (tertiary/aromatic N) is 2. The molecule has 1 saturated heterocycles. The van der Waals surface area contributed by atoms with E-state index in [0.717, 1.165) is 0 Å². The number of hydrogen-bond donors (Lipinski definition) is 0. The van der Waals surface area contributed by atoms with Gasteiger partial charge in [0.15, 0.2) is 6.10 Å². The lowest BCUT2D eigenvalue weighted by atomic mass is 9.86. The Balaban J connectivity index is 2.08. The highest BCUT2D eigenvalue weighted by atomic mass is 16.7. The maximum Gasteiger partial charge on any atom is 0.166 e. The summed E-state index contributed by atoms with van der Waals surface area (Å²) in [7, 11) is 0. The smallest absolute Gasteiger partial charge is 0.166 e. The standard InChI is InChI=1S/C16H28N2O2/c1-12(13-9-7-6-8-10-13)20-18-15(2,3)14(11-17)19-16(18,4)5/h12-14H,6-10H2,1-5H3. The van der Waals surface area contributed by atoms with Gasteiger partial charge in [0, 0.05) is 0 Å². The summed E-state index contributed by atoms with van der Waals surface area (Å²) in [5, 5.41) is 11.2. The van der Waals surface area contributed by atoms with Gasteiger partial charge in [-0.15, -0.1) is 5.06 Å². The Morgan fingerprint density at radius 2 is 1.80 bits per heavy atom. The molecule has 0 aromatic heterocycles. The Labute approximate surface area is 123 Å². The zero-order chi connectivity index (χ0) is 15.0. The van der Waals surface area contributed by atoms with Crippen LogP contribution >= 0.6 is 0 Å². The minimum Gasteiger partial charge on any atom is -0.339 e. The van der Waals surface area contributed by atoms with E-state index >= 15 is 0 Å². The van der Waals surface area contributed by atoms with E-state index in [9.17, 15) is 5.26 Å². The van der Waals surface area contributed by atoms with Gasteiger partial charge >= 0.3 is 0 Å². The Morgan fingerprint density at radius 1 is 1.20 bits per heavy atom. The van der Waals surface area contributed by atoms with E-state index < -0.39 is 17.4 Å². The van der Waals surface area contributed by atoms with Gasteiger partial charge in [-0.25, -0.2) is 0 Å². The third-order valence-corrected chi connectivity index (χ3v) is 4.76. The largest absolute Gasteiger partial charge is 0.339 e. The predicted octanol–water partition coefficient (Wildman–Crippen LogP) is 3.63. The van der Waals surface area contributed by atoms with Crippen molar-refractivity contribution in [2.75, 3.05) is 0 Å². The Bertz CT molecular complexity index is 380. The third kappa shape index (κ3) is 2.86. The molecule has 0 amide bonds. The van der Waals surface area contributed by atoms with Crippen LogP contribution in [0.2, 0.25) is 0 Å². The maximum absolute atomic E-state index is 9.28. The first kappa shape index (κ1) is 15.8. The molecule has 2 rings (SSSR count). The zero-order valence-electron chi connectivity index (χ0n) is 13.5. The molecule has 1 heterocycles. The molecule has 2 unspecified atom stereocenters. The minimum atomic E-state index is -0.563. The summed E-state index contributed by atoms with van der Waals surface area (Å²) in [5.41, 5.74) is -0.992. The molecular formula is C16H28N2O2. The van der Waals surface area contributed by atoms with E-state index in [1.807, 2.05) is 32.8 Å². The van der Waals surface area contributed by atoms with Gasteiger partial charge < -0.3 is 4.74 Å². The summed E-state index contributed by atoms with van der Waals surface area (Å²) in [6.45, 7) is 10.1. The molecule has 1 saturated carbocycles. The van der Waals surface area contributed by atoms with E-state index in [4.69, 9.17) is 9.57 Å². The molecule has 0 N–H and O–H groups in total. The second-order valence-corrected chi connectivity index (χ2v) is 7.23. The lowest BCUT2D eigenvalue weighted by Crippen LogP contribution is -2.52. The summed E-state index contributed by atoms with van der Waals surface area (Å²) < 4.78 is 5.85. The lowest BCUT2D eigenvalue weighted by Gasteiger charge is -2.40. The second kappa shape index (κ2) is 5.63. The Morgan fingerprint density at radius 3 is 2.30 bits per heavy atom. The number of rotatable bonds is 3. The summed E-state index contributed by atoms with van der Waals surface area (Å²) in [4.78, 5) is 6.27. The van der Waals surface area contributed by atoms with Crippen LogP contribution in [-0.2, 0) is 9.57 Å². The van der Waals surface area contributed by atoms with Gasteiger partial charge in [-0.1, -0.05) is 19.3 Å². The molecule has 4 nitrogen and oxygen atoms in total. The first-order valence-electron chi connectivity index (χ1n) is 7.83. The molecule has 0 bridgehead atoms. The maximum atomic E-state index is 9.28. The quantitative estimate of drug-likeness (QED) is 0.792. The van der Waals surface area contributed by atoms with Crippen molar-refractivity contribution in [3.05, 3.63) is 0 Å². The minimum absolute atomic E-state index is 0.176. The average Bonchev–Trinajstić information content (AvgIpc) is 2.58. The van der Waals surface area contributed by atoms with Gasteiger partial charge in [-0.2, -0.15) is 5.26 Å². The van der Waals surface area contributed by atoms with Crippen LogP contribution in [0.1, 0.15) is 66.7 Å². The summed E-state index contributed by atoms with van der Waals surface area (Å²) in [6.07, 6.45) is 6.18. The third-order valence-electron chi connectivity index (χ3n) is 4.76. The van der Waals surface area contributed by atoms with E-state index in [0.29, 0.717) is 5.92 Å². The van der Waals surface area contributed by atoms with Crippen molar-refractivity contribution in [3.63, 3.8) is 0 Å². The van der Waals surface area contributed by atoms with E-state index in [1.165, 1.54) is 32.1 Å². The van der Waals surface area contributed by atoms with Crippen molar-refractivity contribution in [2.45, 2.75) is 90.2 Å². The molecule has 2 aliphatic rings. The Hall–Kier alpha value is -0.630. The Kier molecular flexibility index (Phi) is 4.44. The first-order chi connectivity index (χ1) is 9.29. The molecule has 2 fully saturated rings. The van der Waals surface area contributed by atoms with Crippen LogP contribution in [-0.4, -0.2) is 28.5 Å². The zero-order valence-corrected chi connectivity index (χ0v) is 13.5. The molecule has 20 heavy (non-hydrogen) atoms. The predicted molar refractivity (Wildman–Crippen MR) is 77.6 cm³/mol. The van der Waals surface area contributed by atoms with Crippen molar-refractivity contribution in [1.82, 2.24) is 5.06 Å². The summed E-state index contributed by atoms with van der Waals surface area (Å²) >= 11 is 0. The number of nitriles is 1. The van der Waals surface area contributed by atoms with Gasteiger partial charge in [0.1, 0.15) is 5.72 Å². The highest BCUT2D eigenvalue weighted by Crippen LogP contribution is 2.41. The van der Waals surface area contributed by atoms with Crippen molar-refractivity contribution >= 4 is 0 Å². The average molecular weight is 280 g/mol. The molecule has 0 spiro atoms. The van der Waals surface area contributed by atoms with Gasteiger partial charge in [-0.3, -0.25) is 4.84 Å². The van der Waals surface area contributed by atoms with Crippen molar-refractivity contribution in [1.29, 1.82) is 5.26 Å². The normalized spacial score (nSPS) is 31.9. The molecule has 114 valence electrons. The monoisotopic (exact) mass is 280 g/mol. The van der Waals surface area contributed by atoms with Crippen LogP contribution in [0.15, 0.2) is 0 Å². The molecule has 4 heteroatoms. The fourth-order valence-electron chi connectivity index (χ4n) is 3.58. The van der Waals surface area contributed by atoms with Gasteiger partial charge in [0.25, 0.3) is 0 Å². The van der Waals surface area contributed by atoms with E-state index in [1.54, 1.807) is 0 Å². The van der Waals surface area contributed by atoms with E-state index in [-0.39, 0.29) is 6.10 Å². The van der Waals surface area contributed by atoms with Gasteiger partial charge in [0.2, 0.25) is 0 Å². The first-order valence-corrected chi connectivity index (χ1v) is 7.83. The summed E-state index contributed by atoms with van der Waals surface area (Å²) in [5.74, 6) is 0.622. The topological polar surface area (TPSA) is 45.5 Å². The van der Waals surface area contributed by atoms with Crippen molar-refractivity contribution in [3.8, 4) is 6.07 Å². The van der Waals surface area contributed by atoms with Crippen LogP contribution < -0.4 is 0 Å². The fraction of sp³-hybridized carbons (Fsp3) is 0.938. The fourth-order valence-corrected chi connectivity index (χ4v) is 3.58. The number of hydrogen-bond acceptors (Lipinski definition) is 4. The molecule has 0 radical (unpaired) electrons. The van der Waals surface area contributed by atoms with Crippen LogP contribution in [0.25, 0.3) is 0 Å². The van der Waals surface area contributed by atoms with Crippen LogP contribution in [0, 0.1) is 17.2 Å². The highest BCUT2D eigenvalue weighted by molar-refractivity contribution is 5.07. The van der Waals surface area contributed by atoms with Crippen LogP contribution in [0.5, 0.6) is 0 Å². The van der Waals surface area contributed by atoms with Crippen molar-refractivity contribution in [2.24, 2.45) is 5.92 Å². The molecular weight excluding hydrogens is 252 g/mol. The number of ether oxygens (including phenoxy) is 1. The van der Waals surface area contributed by atoms with Crippen molar-refractivity contribution < 1.29 is 9.57 Å².